The fraction of sp³-hybridized carbons (Fsp3) is 0.871. The summed E-state index contributed by atoms with van der Waals surface area (Å²) in [6.07, 6.45) is 71.7. The molecule has 0 saturated heterocycles. The summed E-state index contributed by atoms with van der Waals surface area (Å²) in [4.78, 5) is 24.5. The van der Waals surface area contributed by atoms with Crippen LogP contribution in [0, 0.1) is 0 Å². The molecule has 0 fully saturated rings. The molecule has 6 heteroatoms. The highest BCUT2D eigenvalue weighted by Crippen LogP contribution is 2.17. The molecule has 0 aliphatic rings. The van der Waals surface area contributed by atoms with Crippen LogP contribution < -0.4 is 5.32 Å². The first-order valence-corrected chi connectivity index (χ1v) is 30.3. The lowest BCUT2D eigenvalue weighted by atomic mass is 10.0. The quantitative estimate of drug-likeness (QED) is 0.0321. The van der Waals surface area contributed by atoms with E-state index in [-0.39, 0.29) is 18.5 Å². The third-order valence-electron chi connectivity index (χ3n) is 13.9. The van der Waals surface area contributed by atoms with E-state index in [1.54, 1.807) is 6.08 Å². The Kier molecular flexibility index (Phi) is 56.0. The maximum absolute atomic E-state index is 12.5. The van der Waals surface area contributed by atoms with Gasteiger partial charge in [-0.2, -0.15) is 0 Å². The van der Waals surface area contributed by atoms with Crippen molar-refractivity contribution in [1.29, 1.82) is 0 Å². The molecule has 0 aromatic rings. The molecule has 6 nitrogen and oxygen atoms in total. The summed E-state index contributed by atoms with van der Waals surface area (Å²) in [6.45, 7) is 4.84. The zero-order valence-corrected chi connectivity index (χ0v) is 45.6. The number of esters is 1. The van der Waals surface area contributed by atoms with Gasteiger partial charge in [-0.3, -0.25) is 9.59 Å². The first-order valence-electron chi connectivity index (χ1n) is 30.3. The topological polar surface area (TPSA) is 95.9 Å². The number of allylic oxidation sites excluding steroid dienone is 5. The SMILES string of the molecule is CCC/C=C\C/C=C\CCCCCCCC(=O)OCCCCCCCCCCCCCCCCCCCCC(=O)NC(CO)C(O)/C=C/CCCCCCCCCCCCCCCCCCCC. The normalized spacial score (nSPS) is 12.8. The molecule has 0 aromatic carbocycles. The Morgan fingerprint density at radius 3 is 1.18 bits per heavy atom. The van der Waals surface area contributed by atoms with Gasteiger partial charge in [0.15, 0.2) is 0 Å². The van der Waals surface area contributed by atoms with Gasteiger partial charge in [-0.05, 0) is 57.8 Å². The summed E-state index contributed by atoms with van der Waals surface area (Å²) in [7, 11) is 0. The van der Waals surface area contributed by atoms with Gasteiger partial charge in [0.1, 0.15) is 0 Å². The summed E-state index contributed by atoms with van der Waals surface area (Å²) in [5.74, 6) is -0.0789. The maximum Gasteiger partial charge on any atom is 0.305 e. The molecule has 0 bridgehead atoms. The molecule has 0 rings (SSSR count). The number of ether oxygens (including phenoxy) is 1. The average Bonchev–Trinajstić information content (AvgIpc) is 3.34. The van der Waals surface area contributed by atoms with Crippen molar-refractivity contribution in [1.82, 2.24) is 5.32 Å². The van der Waals surface area contributed by atoms with Crippen LogP contribution in [0.25, 0.3) is 0 Å². The Balaban J connectivity index is 3.45. The number of carbonyl (C=O) groups is 2. The van der Waals surface area contributed by atoms with Crippen LogP contribution in [0.5, 0.6) is 0 Å². The number of hydrogen-bond donors (Lipinski definition) is 3. The van der Waals surface area contributed by atoms with Gasteiger partial charge >= 0.3 is 5.97 Å². The predicted octanol–water partition coefficient (Wildman–Crippen LogP) is 18.8. The highest BCUT2D eigenvalue weighted by Gasteiger charge is 2.18. The smallest absolute Gasteiger partial charge is 0.305 e. The van der Waals surface area contributed by atoms with Gasteiger partial charge < -0.3 is 20.3 Å². The van der Waals surface area contributed by atoms with Gasteiger partial charge in [0.05, 0.1) is 25.4 Å². The fourth-order valence-electron chi connectivity index (χ4n) is 9.26. The first kappa shape index (κ1) is 66.1. The molecule has 0 saturated carbocycles. The number of nitrogens with one attached hydrogen (secondary N) is 1. The third-order valence-corrected chi connectivity index (χ3v) is 13.9. The maximum atomic E-state index is 12.5. The van der Waals surface area contributed by atoms with Crippen LogP contribution in [0.3, 0.4) is 0 Å². The average molecular weight is 957 g/mol. The largest absolute Gasteiger partial charge is 0.466 e. The highest BCUT2D eigenvalue weighted by atomic mass is 16.5. The van der Waals surface area contributed by atoms with Crippen molar-refractivity contribution in [3.05, 3.63) is 36.5 Å². The lowest BCUT2D eigenvalue weighted by Gasteiger charge is -2.20. The summed E-state index contributed by atoms with van der Waals surface area (Å²) in [5.41, 5.74) is 0. The third kappa shape index (κ3) is 53.4. The lowest BCUT2D eigenvalue weighted by molar-refractivity contribution is -0.143. The Bertz CT molecular complexity index is 1100. The minimum absolute atomic E-state index is 0.00876. The van der Waals surface area contributed by atoms with E-state index >= 15 is 0 Å². The Morgan fingerprint density at radius 1 is 0.412 bits per heavy atom. The minimum Gasteiger partial charge on any atom is -0.466 e. The van der Waals surface area contributed by atoms with Crippen LogP contribution >= 0.6 is 0 Å². The number of aliphatic hydroxyl groups excluding tert-OH is 2. The number of rotatable bonds is 56. The van der Waals surface area contributed by atoms with Gasteiger partial charge in [-0.1, -0.05) is 288 Å². The lowest BCUT2D eigenvalue weighted by Crippen LogP contribution is -2.45. The van der Waals surface area contributed by atoms with Crippen molar-refractivity contribution in [2.45, 2.75) is 334 Å². The number of hydrogen-bond acceptors (Lipinski definition) is 5. The van der Waals surface area contributed by atoms with Crippen LogP contribution in [0.15, 0.2) is 36.5 Å². The molecule has 0 radical (unpaired) electrons. The Morgan fingerprint density at radius 2 is 0.765 bits per heavy atom. The molecule has 68 heavy (non-hydrogen) atoms. The molecule has 0 aliphatic heterocycles. The monoisotopic (exact) mass is 956 g/mol. The summed E-state index contributed by atoms with van der Waals surface area (Å²) < 4.78 is 5.46. The molecule has 1 amide bonds. The molecule has 0 spiro atoms. The molecule has 3 N–H and O–H groups in total. The van der Waals surface area contributed by atoms with E-state index < -0.39 is 12.1 Å². The van der Waals surface area contributed by atoms with Crippen molar-refractivity contribution >= 4 is 11.9 Å². The second-order valence-electron chi connectivity index (χ2n) is 20.7. The van der Waals surface area contributed by atoms with Crippen molar-refractivity contribution in [3.8, 4) is 0 Å². The van der Waals surface area contributed by atoms with Crippen LogP contribution in [-0.2, 0) is 14.3 Å². The standard InChI is InChI=1S/C62H117NO5/c1-3-5-7-9-11-13-15-17-18-19-20-21-24-27-31-34-38-42-46-50-54-60(65)59(58-64)63-61(66)55-51-47-43-39-35-32-28-25-22-23-26-29-33-37-41-45-49-53-57-68-62(67)56-52-48-44-40-36-30-16-14-12-10-8-6-4-2/h8,10,14,16,50,54,59-60,64-65H,3-7,9,11-13,15,17-49,51-53,55-58H2,1-2H3,(H,63,66)/b10-8-,16-14-,54-50+. The number of carbonyl (C=O) groups excluding carboxylic acids is 2. The molecule has 0 heterocycles. The molecule has 2 atom stereocenters. The van der Waals surface area contributed by atoms with Crippen LogP contribution in [0.1, 0.15) is 322 Å². The van der Waals surface area contributed by atoms with Crippen LogP contribution in [-0.4, -0.2) is 47.4 Å². The Hall–Kier alpha value is -1.92. The van der Waals surface area contributed by atoms with E-state index in [9.17, 15) is 19.8 Å². The van der Waals surface area contributed by atoms with Crippen molar-refractivity contribution in [2.24, 2.45) is 0 Å². The van der Waals surface area contributed by atoms with Crippen LogP contribution in [0.4, 0.5) is 0 Å². The van der Waals surface area contributed by atoms with E-state index in [0.29, 0.717) is 19.4 Å². The summed E-state index contributed by atoms with van der Waals surface area (Å²) >= 11 is 0. The van der Waals surface area contributed by atoms with Crippen LogP contribution in [0.2, 0.25) is 0 Å². The van der Waals surface area contributed by atoms with E-state index in [4.69, 9.17) is 4.74 Å². The van der Waals surface area contributed by atoms with Gasteiger partial charge in [-0.25, -0.2) is 0 Å². The second kappa shape index (κ2) is 57.7. The molecule has 2 unspecified atom stereocenters. The van der Waals surface area contributed by atoms with E-state index in [2.05, 4.69) is 43.5 Å². The Labute approximate surface area is 424 Å². The molecular weight excluding hydrogens is 839 g/mol. The summed E-state index contributed by atoms with van der Waals surface area (Å²) in [5, 5.41) is 23.2. The molecule has 0 aromatic heterocycles. The van der Waals surface area contributed by atoms with Gasteiger partial charge in [-0.15, -0.1) is 0 Å². The van der Waals surface area contributed by atoms with E-state index in [0.717, 1.165) is 51.4 Å². The zero-order valence-electron chi connectivity index (χ0n) is 45.6. The van der Waals surface area contributed by atoms with Gasteiger partial charge in [0.2, 0.25) is 5.91 Å². The van der Waals surface area contributed by atoms with Crippen molar-refractivity contribution in [2.75, 3.05) is 13.2 Å². The molecular formula is C62H117NO5. The highest BCUT2D eigenvalue weighted by molar-refractivity contribution is 5.76. The predicted molar refractivity (Wildman–Crippen MR) is 296 cm³/mol. The molecule has 0 aliphatic carbocycles. The summed E-state index contributed by atoms with van der Waals surface area (Å²) in [6, 6.07) is -0.632. The number of unbranched alkanes of at least 4 members (excludes halogenated alkanes) is 41. The van der Waals surface area contributed by atoms with E-state index in [1.165, 1.54) is 244 Å². The van der Waals surface area contributed by atoms with E-state index in [1.807, 2.05) is 6.08 Å². The second-order valence-corrected chi connectivity index (χ2v) is 20.7. The number of amides is 1. The van der Waals surface area contributed by atoms with Gasteiger partial charge in [0, 0.05) is 12.8 Å². The van der Waals surface area contributed by atoms with Gasteiger partial charge in [0.25, 0.3) is 0 Å². The first-order chi connectivity index (χ1) is 33.5. The van der Waals surface area contributed by atoms with Crippen molar-refractivity contribution < 1.29 is 24.5 Å². The van der Waals surface area contributed by atoms with Crippen molar-refractivity contribution in [3.63, 3.8) is 0 Å². The zero-order chi connectivity index (χ0) is 49.3. The minimum atomic E-state index is -0.848. The fourth-order valence-corrected chi connectivity index (χ4v) is 9.26. The molecule has 400 valence electrons. The number of aliphatic hydroxyl groups is 2.